The van der Waals surface area contributed by atoms with Crippen molar-refractivity contribution in [2.75, 3.05) is 17.7 Å². The Morgan fingerprint density at radius 2 is 1.65 bits per heavy atom. The van der Waals surface area contributed by atoms with E-state index in [0.717, 1.165) is 23.5 Å². The fourth-order valence-corrected chi connectivity index (χ4v) is 2.50. The molecule has 0 aliphatic heterocycles. The number of aryl methyl sites for hydroxylation is 1. The highest BCUT2D eigenvalue weighted by atomic mass is 16.5. The molecule has 1 heterocycles. The number of ether oxygens (including phenoxy) is 1. The van der Waals surface area contributed by atoms with Crippen LogP contribution in [0.4, 0.5) is 17.1 Å². The lowest BCUT2D eigenvalue weighted by Crippen LogP contribution is -2.12. The number of nitrogens with zero attached hydrogens (tertiary/aromatic N) is 1. The standard InChI is InChI=1S/C21H21N3O2/c1-3-15-4-6-17(7-5-15)23-19-12-16(13-22-14-19)21(25)24-18-8-10-20(26-2)11-9-18/h4-14,23H,3H2,1-2H3,(H,24,25). The Kier molecular flexibility index (Phi) is 5.49. The van der Waals surface area contributed by atoms with Crippen LogP contribution in [-0.2, 0) is 6.42 Å². The Labute approximate surface area is 153 Å². The summed E-state index contributed by atoms with van der Waals surface area (Å²) in [6.45, 7) is 2.12. The van der Waals surface area contributed by atoms with E-state index >= 15 is 0 Å². The summed E-state index contributed by atoms with van der Waals surface area (Å²) in [4.78, 5) is 16.6. The van der Waals surface area contributed by atoms with E-state index in [9.17, 15) is 4.79 Å². The Morgan fingerprint density at radius 3 is 2.31 bits per heavy atom. The van der Waals surface area contributed by atoms with E-state index in [1.807, 2.05) is 12.1 Å². The summed E-state index contributed by atoms with van der Waals surface area (Å²) in [5.74, 6) is 0.526. The zero-order chi connectivity index (χ0) is 18.4. The van der Waals surface area contributed by atoms with Crippen molar-refractivity contribution in [3.63, 3.8) is 0 Å². The molecule has 0 fully saturated rings. The maximum Gasteiger partial charge on any atom is 0.257 e. The number of carbonyl (C=O) groups excluding carboxylic acids is 1. The van der Waals surface area contributed by atoms with Gasteiger partial charge in [-0.3, -0.25) is 9.78 Å². The molecule has 1 aromatic heterocycles. The van der Waals surface area contributed by atoms with Crippen LogP contribution in [-0.4, -0.2) is 18.0 Å². The monoisotopic (exact) mass is 347 g/mol. The van der Waals surface area contributed by atoms with Gasteiger partial charge in [-0.2, -0.15) is 0 Å². The molecule has 0 saturated heterocycles. The average molecular weight is 347 g/mol. The second-order valence-corrected chi connectivity index (χ2v) is 5.82. The third kappa shape index (κ3) is 4.39. The van der Waals surface area contributed by atoms with Gasteiger partial charge < -0.3 is 15.4 Å². The van der Waals surface area contributed by atoms with Crippen molar-refractivity contribution < 1.29 is 9.53 Å². The van der Waals surface area contributed by atoms with Crippen LogP contribution in [0.15, 0.2) is 67.0 Å². The van der Waals surface area contributed by atoms with Crippen molar-refractivity contribution in [3.8, 4) is 5.75 Å². The molecule has 0 aliphatic rings. The molecular formula is C21H21N3O2. The Morgan fingerprint density at radius 1 is 0.962 bits per heavy atom. The first-order valence-electron chi connectivity index (χ1n) is 8.44. The molecule has 2 aromatic carbocycles. The summed E-state index contributed by atoms with van der Waals surface area (Å²) >= 11 is 0. The van der Waals surface area contributed by atoms with Crippen LogP contribution in [0.25, 0.3) is 0 Å². The summed E-state index contributed by atoms with van der Waals surface area (Å²) < 4.78 is 5.11. The minimum absolute atomic E-state index is 0.215. The molecule has 3 aromatic rings. The maximum absolute atomic E-state index is 12.4. The summed E-state index contributed by atoms with van der Waals surface area (Å²) in [6, 6.07) is 17.2. The van der Waals surface area contributed by atoms with E-state index in [-0.39, 0.29) is 5.91 Å². The number of hydrogen-bond acceptors (Lipinski definition) is 4. The van der Waals surface area contributed by atoms with Crippen LogP contribution in [0, 0.1) is 0 Å². The first kappa shape index (κ1) is 17.5. The van der Waals surface area contributed by atoms with Gasteiger partial charge in [0.2, 0.25) is 0 Å². The number of rotatable bonds is 6. The molecule has 5 heteroatoms. The van der Waals surface area contributed by atoms with Gasteiger partial charge in [0.1, 0.15) is 5.75 Å². The lowest BCUT2D eigenvalue weighted by atomic mass is 10.1. The van der Waals surface area contributed by atoms with Crippen LogP contribution in [0.2, 0.25) is 0 Å². The molecule has 0 atom stereocenters. The first-order chi connectivity index (χ1) is 12.7. The molecule has 3 rings (SSSR count). The number of anilines is 3. The minimum Gasteiger partial charge on any atom is -0.497 e. The van der Waals surface area contributed by atoms with E-state index < -0.39 is 0 Å². The van der Waals surface area contributed by atoms with Crippen molar-refractivity contribution in [2.24, 2.45) is 0 Å². The van der Waals surface area contributed by atoms with Crippen molar-refractivity contribution in [1.29, 1.82) is 0 Å². The van der Waals surface area contributed by atoms with E-state index in [0.29, 0.717) is 11.3 Å². The predicted octanol–water partition coefficient (Wildman–Crippen LogP) is 4.65. The Bertz CT molecular complexity index is 875. The van der Waals surface area contributed by atoms with Crippen LogP contribution >= 0.6 is 0 Å². The fourth-order valence-electron chi connectivity index (χ4n) is 2.50. The van der Waals surface area contributed by atoms with E-state index in [2.05, 4.69) is 34.7 Å². The van der Waals surface area contributed by atoms with E-state index in [4.69, 9.17) is 4.74 Å². The highest BCUT2D eigenvalue weighted by Crippen LogP contribution is 2.19. The second kappa shape index (κ2) is 8.16. The van der Waals surface area contributed by atoms with Gasteiger partial charge in [-0.15, -0.1) is 0 Å². The normalized spacial score (nSPS) is 10.2. The van der Waals surface area contributed by atoms with Crippen molar-refractivity contribution in [3.05, 3.63) is 78.1 Å². The highest BCUT2D eigenvalue weighted by molar-refractivity contribution is 6.04. The van der Waals surface area contributed by atoms with Crippen LogP contribution in [0.3, 0.4) is 0 Å². The smallest absolute Gasteiger partial charge is 0.257 e. The number of amides is 1. The van der Waals surface area contributed by atoms with Gasteiger partial charge in [-0.05, 0) is 54.4 Å². The Balaban J connectivity index is 1.69. The molecule has 2 N–H and O–H groups in total. The van der Waals surface area contributed by atoms with E-state index in [1.165, 1.54) is 5.56 Å². The van der Waals surface area contributed by atoms with Crippen LogP contribution in [0.5, 0.6) is 5.75 Å². The molecule has 0 aliphatic carbocycles. The Hall–Kier alpha value is -3.34. The molecule has 1 amide bonds. The third-order valence-corrected chi connectivity index (χ3v) is 4.00. The molecule has 5 nitrogen and oxygen atoms in total. The minimum atomic E-state index is -0.215. The molecular weight excluding hydrogens is 326 g/mol. The molecule has 26 heavy (non-hydrogen) atoms. The number of methoxy groups -OCH3 is 1. The van der Waals surface area contributed by atoms with Crippen LogP contribution < -0.4 is 15.4 Å². The second-order valence-electron chi connectivity index (χ2n) is 5.82. The third-order valence-electron chi connectivity index (χ3n) is 4.00. The topological polar surface area (TPSA) is 63.2 Å². The van der Waals surface area contributed by atoms with Crippen molar-refractivity contribution >= 4 is 23.0 Å². The van der Waals surface area contributed by atoms with Gasteiger partial charge in [-0.1, -0.05) is 19.1 Å². The lowest BCUT2D eigenvalue weighted by molar-refractivity contribution is 0.102. The number of hydrogen-bond donors (Lipinski definition) is 2. The van der Waals surface area contributed by atoms with Crippen molar-refractivity contribution in [2.45, 2.75) is 13.3 Å². The van der Waals surface area contributed by atoms with E-state index in [1.54, 1.807) is 49.8 Å². The predicted molar refractivity (Wildman–Crippen MR) is 104 cm³/mol. The summed E-state index contributed by atoms with van der Waals surface area (Å²) in [6.07, 6.45) is 4.24. The van der Waals surface area contributed by atoms with Gasteiger partial charge in [0, 0.05) is 17.6 Å². The molecule has 0 bridgehead atoms. The molecule has 0 saturated carbocycles. The number of aromatic nitrogens is 1. The number of pyridine rings is 1. The first-order valence-corrected chi connectivity index (χ1v) is 8.44. The zero-order valence-corrected chi connectivity index (χ0v) is 14.8. The summed E-state index contributed by atoms with van der Waals surface area (Å²) in [5, 5.41) is 6.12. The highest BCUT2D eigenvalue weighted by Gasteiger charge is 2.08. The molecule has 132 valence electrons. The van der Waals surface area contributed by atoms with Gasteiger partial charge in [0.15, 0.2) is 0 Å². The molecule has 0 unspecified atom stereocenters. The largest absolute Gasteiger partial charge is 0.497 e. The zero-order valence-electron chi connectivity index (χ0n) is 14.8. The van der Waals surface area contributed by atoms with Gasteiger partial charge in [0.05, 0.1) is 24.6 Å². The number of benzene rings is 2. The quantitative estimate of drug-likeness (QED) is 0.681. The average Bonchev–Trinajstić information content (AvgIpc) is 2.69. The van der Waals surface area contributed by atoms with Gasteiger partial charge in [0.25, 0.3) is 5.91 Å². The summed E-state index contributed by atoms with van der Waals surface area (Å²) in [7, 11) is 1.60. The SMILES string of the molecule is CCc1ccc(Nc2cncc(C(=O)Nc3ccc(OC)cc3)c2)cc1. The maximum atomic E-state index is 12.4. The van der Waals surface area contributed by atoms with Crippen LogP contribution in [0.1, 0.15) is 22.8 Å². The number of nitrogens with one attached hydrogen (secondary N) is 2. The van der Waals surface area contributed by atoms with Gasteiger partial charge >= 0.3 is 0 Å². The molecule has 0 radical (unpaired) electrons. The summed E-state index contributed by atoms with van der Waals surface area (Å²) in [5.41, 5.74) is 4.18. The lowest BCUT2D eigenvalue weighted by Gasteiger charge is -2.09. The fraction of sp³-hybridized carbons (Fsp3) is 0.143. The van der Waals surface area contributed by atoms with Gasteiger partial charge in [-0.25, -0.2) is 0 Å². The van der Waals surface area contributed by atoms with Crippen molar-refractivity contribution in [1.82, 2.24) is 4.98 Å². The number of carbonyl (C=O) groups is 1. The molecule has 0 spiro atoms.